The van der Waals surface area contributed by atoms with Crippen LogP contribution < -0.4 is 21.3 Å². The summed E-state index contributed by atoms with van der Waals surface area (Å²) in [6, 6.07) is 9.17. The van der Waals surface area contributed by atoms with Crippen LogP contribution in [0.25, 0.3) is 27.6 Å². The molecule has 0 aliphatic carbocycles. The number of pyridine rings is 3. The maximum atomic E-state index is 15.4. The van der Waals surface area contributed by atoms with Gasteiger partial charge in [-0.3, -0.25) is 19.5 Å². The van der Waals surface area contributed by atoms with Crippen LogP contribution in [0.15, 0.2) is 70.9 Å². The summed E-state index contributed by atoms with van der Waals surface area (Å²) in [4.78, 5) is 40.6. The Hall–Kier alpha value is -4.98. The Kier molecular flexibility index (Phi) is 8.51. The molecule has 0 radical (unpaired) electrons. The number of aryl methyl sites for hydroxylation is 1. The molecule has 1 aromatic carbocycles. The topological polar surface area (TPSA) is 131 Å². The van der Waals surface area contributed by atoms with Crippen LogP contribution in [0.1, 0.15) is 31.9 Å². The lowest BCUT2D eigenvalue weighted by Crippen LogP contribution is -2.56. The molecule has 2 aliphatic rings. The number of fused-ring (bicyclic) bond motifs is 1. The molecule has 49 heavy (non-hydrogen) atoms. The van der Waals surface area contributed by atoms with Crippen LogP contribution in [0.3, 0.4) is 0 Å². The standard InChI is InChI=1S/C36H39FN8O4/c1-36(2,3)24-11-22-14-40-45(35(48)33(22)29(37)13-24)31-17-38-16-27(28(31)19-46)23-12-30(34(47)42(4)18-23)41-32-6-5-25(15-39-32)43-7-9-44(10-8-43)26-20-49-21-26/h5-6,11-18,26,46H,7-10,19-21H2,1-4H3,(H,39,41). The van der Waals surface area contributed by atoms with Crippen molar-refractivity contribution in [3.63, 3.8) is 0 Å². The van der Waals surface area contributed by atoms with E-state index in [2.05, 4.69) is 30.2 Å². The van der Waals surface area contributed by atoms with E-state index >= 15 is 4.39 Å². The molecule has 12 nitrogen and oxygen atoms in total. The Morgan fingerprint density at radius 1 is 1.00 bits per heavy atom. The molecule has 0 atom stereocenters. The van der Waals surface area contributed by atoms with Gasteiger partial charge in [-0.15, -0.1) is 0 Å². The van der Waals surface area contributed by atoms with E-state index in [1.165, 1.54) is 23.0 Å². The summed E-state index contributed by atoms with van der Waals surface area (Å²) in [6.07, 6.45) is 7.83. The maximum Gasteiger partial charge on any atom is 0.282 e. The monoisotopic (exact) mass is 666 g/mol. The highest BCUT2D eigenvalue weighted by Crippen LogP contribution is 2.30. The van der Waals surface area contributed by atoms with Gasteiger partial charge in [0, 0.05) is 67.7 Å². The number of aromatic nitrogens is 5. The van der Waals surface area contributed by atoms with E-state index in [9.17, 15) is 14.7 Å². The summed E-state index contributed by atoms with van der Waals surface area (Å²) >= 11 is 0. The number of aliphatic hydroxyl groups excluding tert-OH is 1. The van der Waals surface area contributed by atoms with E-state index in [1.54, 1.807) is 37.8 Å². The second-order valence-corrected chi connectivity index (χ2v) is 13.7. The van der Waals surface area contributed by atoms with Crippen LogP contribution in [-0.4, -0.2) is 79.8 Å². The van der Waals surface area contributed by atoms with Gasteiger partial charge in [0.25, 0.3) is 11.1 Å². The van der Waals surface area contributed by atoms with E-state index in [4.69, 9.17) is 4.74 Å². The molecule has 6 heterocycles. The Morgan fingerprint density at radius 3 is 2.43 bits per heavy atom. The lowest BCUT2D eigenvalue weighted by atomic mass is 9.86. The Bertz CT molecular complexity index is 2150. The zero-order valence-corrected chi connectivity index (χ0v) is 28.0. The van der Waals surface area contributed by atoms with Crippen LogP contribution in [0.5, 0.6) is 0 Å². The lowest BCUT2D eigenvalue weighted by Gasteiger charge is -2.43. The third-order valence-electron chi connectivity index (χ3n) is 9.45. The summed E-state index contributed by atoms with van der Waals surface area (Å²) in [5.74, 6) is -0.142. The van der Waals surface area contributed by atoms with Crippen molar-refractivity contribution in [2.24, 2.45) is 7.05 Å². The number of rotatable bonds is 7. The molecule has 2 N–H and O–H groups in total. The summed E-state index contributed by atoms with van der Waals surface area (Å²) in [5.41, 5.74) is 2.33. The van der Waals surface area contributed by atoms with Crippen molar-refractivity contribution in [1.82, 2.24) is 29.2 Å². The van der Waals surface area contributed by atoms with Crippen molar-refractivity contribution in [3.05, 3.63) is 99.0 Å². The molecular formula is C36H39FN8O4. The van der Waals surface area contributed by atoms with Crippen molar-refractivity contribution in [2.75, 3.05) is 49.6 Å². The quantitative estimate of drug-likeness (QED) is 0.265. The molecule has 254 valence electrons. The Labute approximate surface area is 282 Å². The average Bonchev–Trinajstić information content (AvgIpc) is 3.06. The fourth-order valence-corrected chi connectivity index (χ4v) is 6.42. The highest BCUT2D eigenvalue weighted by Gasteiger charge is 2.29. The molecule has 7 rings (SSSR count). The van der Waals surface area contributed by atoms with Crippen LogP contribution in [0, 0.1) is 5.82 Å². The number of anilines is 3. The van der Waals surface area contributed by atoms with Gasteiger partial charge in [-0.05, 0) is 41.3 Å². The van der Waals surface area contributed by atoms with Crippen LogP contribution >= 0.6 is 0 Å². The molecule has 13 heteroatoms. The number of nitrogens with zero attached hydrogens (tertiary/aromatic N) is 7. The van der Waals surface area contributed by atoms with Gasteiger partial charge in [-0.2, -0.15) is 9.78 Å². The number of halogens is 1. The molecule has 0 amide bonds. The van der Waals surface area contributed by atoms with Crippen molar-refractivity contribution in [1.29, 1.82) is 0 Å². The first-order valence-corrected chi connectivity index (χ1v) is 16.3. The zero-order valence-electron chi connectivity index (χ0n) is 28.0. The molecule has 2 aliphatic heterocycles. The summed E-state index contributed by atoms with van der Waals surface area (Å²) in [5, 5.41) is 18.4. The van der Waals surface area contributed by atoms with Gasteiger partial charge in [0.15, 0.2) is 0 Å². The number of aliphatic hydroxyl groups is 1. The molecule has 4 aromatic heterocycles. The van der Waals surface area contributed by atoms with Gasteiger partial charge in [0.2, 0.25) is 0 Å². The number of hydrogen-bond donors (Lipinski definition) is 2. The van der Waals surface area contributed by atoms with Crippen LogP contribution in [0.4, 0.5) is 21.6 Å². The second kappa shape index (κ2) is 12.8. The fourth-order valence-electron chi connectivity index (χ4n) is 6.42. The predicted octanol–water partition coefficient (Wildman–Crippen LogP) is 3.73. The number of nitrogens with one attached hydrogen (secondary N) is 1. The molecule has 0 spiro atoms. The van der Waals surface area contributed by atoms with E-state index in [0.717, 1.165) is 55.3 Å². The van der Waals surface area contributed by atoms with Gasteiger partial charge < -0.3 is 24.6 Å². The summed E-state index contributed by atoms with van der Waals surface area (Å²) in [6.45, 7) is 10.8. The first kappa shape index (κ1) is 32.6. The number of ether oxygens (including phenoxy) is 1. The van der Waals surface area contributed by atoms with E-state index < -0.39 is 18.0 Å². The third-order valence-corrected chi connectivity index (χ3v) is 9.45. The maximum absolute atomic E-state index is 15.4. The van der Waals surface area contributed by atoms with Crippen LogP contribution in [-0.2, 0) is 23.8 Å². The Balaban J connectivity index is 1.18. The van der Waals surface area contributed by atoms with Crippen LogP contribution in [0.2, 0.25) is 0 Å². The number of hydrogen-bond acceptors (Lipinski definition) is 10. The van der Waals surface area contributed by atoms with Gasteiger partial charge in [0.1, 0.15) is 17.3 Å². The minimum absolute atomic E-state index is 0.101. The van der Waals surface area contributed by atoms with Crippen molar-refractivity contribution in [2.45, 2.75) is 38.8 Å². The molecule has 2 fully saturated rings. The first-order valence-electron chi connectivity index (χ1n) is 16.3. The normalized spacial score (nSPS) is 15.8. The molecular weight excluding hydrogens is 627 g/mol. The third kappa shape index (κ3) is 6.20. The first-order chi connectivity index (χ1) is 23.5. The summed E-state index contributed by atoms with van der Waals surface area (Å²) < 4.78 is 23.2. The van der Waals surface area contributed by atoms with Gasteiger partial charge in [-0.1, -0.05) is 20.8 Å². The highest BCUT2D eigenvalue weighted by atomic mass is 19.1. The van der Waals surface area contributed by atoms with E-state index in [1.807, 2.05) is 32.9 Å². The number of piperazine rings is 1. The SMILES string of the molecule is Cn1cc(-c2cncc(-n3ncc4cc(C(C)(C)C)cc(F)c4c3=O)c2CO)cc(Nc2ccc(N3CCN(C4COC4)CC3)cn2)c1=O. The minimum Gasteiger partial charge on any atom is -0.392 e. The van der Waals surface area contributed by atoms with Gasteiger partial charge in [-0.25, -0.2) is 9.37 Å². The van der Waals surface area contributed by atoms with Gasteiger partial charge >= 0.3 is 0 Å². The average molecular weight is 667 g/mol. The predicted molar refractivity (Wildman–Crippen MR) is 186 cm³/mol. The van der Waals surface area contributed by atoms with Crippen molar-refractivity contribution < 1.29 is 14.2 Å². The van der Waals surface area contributed by atoms with Crippen molar-refractivity contribution in [3.8, 4) is 16.8 Å². The summed E-state index contributed by atoms with van der Waals surface area (Å²) in [7, 11) is 1.63. The van der Waals surface area contributed by atoms with Gasteiger partial charge in [0.05, 0.1) is 61.2 Å². The lowest BCUT2D eigenvalue weighted by molar-refractivity contribution is -0.0660. The second-order valence-electron chi connectivity index (χ2n) is 13.7. The zero-order chi connectivity index (χ0) is 34.4. The van der Waals surface area contributed by atoms with Crippen molar-refractivity contribution >= 4 is 28.0 Å². The molecule has 0 saturated carbocycles. The van der Waals surface area contributed by atoms with E-state index in [0.29, 0.717) is 33.9 Å². The minimum atomic E-state index is -0.670. The molecule has 0 unspecified atom stereocenters. The smallest absolute Gasteiger partial charge is 0.282 e. The Morgan fingerprint density at radius 2 is 1.78 bits per heavy atom. The number of benzene rings is 1. The molecule has 0 bridgehead atoms. The molecule has 2 saturated heterocycles. The fraction of sp³-hybridized carbons (Fsp3) is 0.361. The largest absolute Gasteiger partial charge is 0.392 e. The molecule has 5 aromatic rings. The van der Waals surface area contributed by atoms with E-state index in [-0.39, 0.29) is 27.7 Å². The highest BCUT2D eigenvalue weighted by molar-refractivity contribution is 5.83.